The Bertz CT molecular complexity index is 519. The van der Waals surface area contributed by atoms with Gasteiger partial charge in [0.1, 0.15) is 5.76 Å². The lowest BCUT2D eigenvalue weighted by Crippen LogP contribution is -2.10. The van der Waals surface area contributed by atoms with E-state index < -0.39 is 0 Å². The SMILES string of the molecule is CSCc1ccc(C(=O)Nc2ncc(C)s2)o1. The lowest BCUT2D eigenvalue weighted by Gasteiger charge is -1.97. The highest BCUT2D eigenvalue weighted by atomic mass is 32.2. The van der Waals surface area contributed by atoms with Gasteiger partial charge in [-0.3, -0.25) is 10.1 Å². The van der Waals surface area contributed by atoms with Gasteiger partial charge < -0.3 is 4.42 Å². The van der Waals surface area contributed by atoms with Gasteiger partial charge in [0.25, 0.3) is 5.91 Å². The fraction of sp³-hybridized carbons (Fsp3) is 0.273. The Labute approximate surface area is 107 Å². The van der Waals surface area contributed by atoms with Crippen LogP contribution in [0.3, 0.4) is 0 Å². The summed E-state index contributed by atoms with van der Waals surface area (Å²) in [5.41, 5.74) is 0. The van der Waals surface area contributed by atoms with Crippen molar-refractivity contribution >= 4 is 34.1 Å². The molecule has 0 radical (unpaired) electrons. The van der Waals surface area contributed by atoms with E-state index in [0.29, 0.717) is 10.9 Å². The van der Waals surface area contributed by atoms with Crippen molar-refractivity contribution in [3.63, 3.8) is 0 Å². The Balaban J connectivity index is 2.03. The topological polar surface area (TPSA) is 55.1 Å². The predicted octanol–water partition coefficient (Wildman–Crippen LogP) is 3.16. The molecule has 0 unspecified atom stereocenters. The third kappa shape index (κ3) is 3.10. The molecule has 2 aromatic rings. The van der Waals surface area contributed by atoms with Crippen molar-refractivity contribution < 1.29 is 9.21 Å². The van der Waals surface area contributed by atoms with E-state index in [1.165, 1.54) is 11.3 Å². The maximum atomic E-state index is 11.8. The third-order valence-corrected chi connectivity index (χ3v) is 3.42. The quantitative estimate of drug-likeness (QED) is 0.925. The van der Waals surface area contributed by atoms with Crippen molar-refractivity contribution in [3.8, 4) is 0 Å². The second kappa shape index (κ2) is 5.37. The van der Waals surface area contributed by atoms with E-state index in [1.807, 2.05) is 19.2 Å². The van der Waals surface area contributed by atoms with Crippen molar-refractivity contribution in [1.29, 1.82) is 0 Å². The van der Waals surface area contributed by atoms with E-state index in [2.05, 4.69) is 10.3 Å². The molecule has 0 saturated carbocycles. The number of nitrogens with zero attached hydrogens (tertiary/aromatic N) is 1. The molecule has 0 aliphatic carbocycles. The van der Waals surface area contributed by atoms with E-state index in [4.69, 9.17) is 4.42 Å². The van der Waals surface area contributed by atoms with Gasteiger partial charge in [-0.05, 0) is 25.3 Å². The Morgan fingerprint density at radius 2 is 2.41 bits per heavy atom. The lowest BCUT2D eigenvalue weighted by molar-refractivity contribution is 0.0995. The lowest BCUT2D eigenvalue weighted by atomic mass is 10.4. The first-order chi connectivity index (χ1) is 8.19. The third-order valence-electron chi connectivity index (χ3n) is 2.01. The Hall–Kier alpha value is -1.27. The van der Waals surface area contributed by atoms with Crippen molar-refractivity contribution in [1.82, 2.24) is 4.98 Å². The van der Waals surface area contributed by atoms with Gasteiger partial charge in [0.2, 0.25) is 0 Å². The van der Waals surface area contributed by atoms with Gasteiger partial charge in [-0.15, -0.1) is 11.3 Å². The number of aryl methyl sites for hydroxylation is 1. The number of anilines is 1. The van der Waals surface area contributed by atoms with Crippen LogP contribution >= 0.6 is 23.1 Å². The second-order valence-corrected chi connectivity index (χ2v) is 5.53. The number of thioether (sulfide) groups is 1. The van der Waals surface area contributed by atoms with Crippen LogP contribution in [0.2, 0.25) is 0 Å². The number of thiazole rings is 1. The van der Waals surface area contributed by atoms with Crippen LogP contribution in [0.1, 0.15) is 21.2 Å². The highest BCUT2D eigenvalue weighted by Crippen LogP contribution is 2.19. The first-order valence-corrected chi connectivity index (χ1v) is 7.21. The van der Waals surface area contributed by atoms with Crippen LogP contribution in [0, 0.1) is 6.92 Å². The van der Waals surface area contributed by atoms with Crippen LogP contribution in [0.5, 0.6) is 0 Å². The summed E-state index contributed by atoms with van der Waals surface area (Å²) in [4.78, 5) is 16.9. The summed E-state index contributed by atoms with van der Waals surface area (Å²) < 4.78 is 5.41. The summed E-state index contributed by atoms with van der Waals surface area (Å²) in [6.45, 7) is 1.94. The zero-order valence-electron chi connectivity index (χ0n) is 9.52. The number of hydrogen-bond acceptors (Lipinski definition) is 5. The Morgan fingerprint density at radius 1 is 1.59 bits per heavy atom. The molecule has 1 N–H and O–H groups in total. The van der Waals surface area contributed by atoms with Crippen molar-refractivity contribution in [2.75, 3.05) is 11.6 Å². The van der Waals surface area contributed by atoms with E-state index >= 15 is 0 Å². The average Bonchev–Trinajstić information content (AvgIpc) is 2.88. The van der Waals surface area contributed by atoms with Crippen LogP contribution in [-0.2, 0) is 5.75 Å². The van der Waals surface area contributed by atoms with Gasteiger partial charge in [-0.1, -0.05) is 0 Å². The molecule has 17 heavy (non-hydrogen) atoms. The molecule has 2 heterocycles. The van der Waals surface area contributed by atoms with Gasteiger partial charge >= 0.3 is 0 Å². The molecule has 0 fully saturated rings. The molecule has 2 aromatic heterocycles. The van der Waals surface area contributed by atoms with Gasteiger partial charge in [-0.2, -0.15) is 11.8 Å². The summed E-state index contributed by atoms with van der Waals surface area (Å²) in [6, 6.07) is 3.50. The highest BCUT2D eigenvalue weighted by molar-refractivity contribution is 7.97. The van der Waals surface area contributed by atoms with Crippen LogP contribution in [-0.4, -0.2) is 17.1 Å². The van der Waals surface area contributed by atoms with Crippen LogP contribution < -0.4 is 5.32 Å². The van der Waals surface area contributed by atoms with E-state index in [0.717, 1.165) is 16.4 Å². The Kier molecular flexibility index (Phi) is 3.86. The number of furan rings is 1. The molecule has 0 saturated heterocycles. The minimum absolute atomic E-state index is 0.258. The molecule has 0 bridgehead atoms. The minimum Gasteiger partial charge on any atom is -0.455 e. The zero-order chi connectivity index (χ0) is 12.3. The number of aromatic nitrogens is 1. The smallest absolute Gasteiger partial charge is 0.293 e. The summed E-state index contributed by atoms with van der Waals surface area (Å²) >= 11 is 3.09. The molecule has 0 atom stereocenters. The fourth-order valence-corrected chi connectivity index (χ4v) is 2.39. The standard InChI is InChI=1S/C11H12N2O2S2/c1-7-5-12-11(17-7)13-10(14)9-4-3-8(15-9)6-16-2/h3-5H,6H2,1-2H3,(H,12,13,14). The van der Waals surface area contributed by atoms with Crippen LogP contribution in [0.25, 0.3) is 0 Å². The molecule has 0 aromatic carbocycles. The van der Waals surface area contributed by atoms with Crippen LogP contribution in [0.4, 0.5) is 5.13 Å². The second-order valence-electron chi connectivity index (χ2n) is 3.43. The molecule has 90 valence electrons. The summed E-state index contributed by atoms with van der Waals surface area (Å²) in [6.07, 6.45) is 3.71. The Morgan fingerprint density at radius 3 is 3.06 bits per heavy atom. The average molecular weight is 268 g/mol. The van der Waals surface area contributed by atoms with Gasteiger partial charge in [0, 0.05) is 11.1 Å². The summed E-state index contributed by atoms with van der Waals surface area (Å²) in [5, 5.41) is 3.30. The molecule has 1 amide bonds. The first kappa shape index (κ1) is 12.2. The molecule has 0 spiro atoms. The predicted molar refractivity (Wildman–Crippen MR) is 70.7 cm³/mol. The van der Waals surface area contributed by atoms with E-state index in [-0.39, 0.29) is 5.91 Å². The van der Waals surface area contributed by atoms with Gasteiger partial charge in [0.05, 0.1) is 5.75 Å². The number of amides is 1. The maximum Gasteiger partial charge on any atom is 0.293 e. The molecule has 2 rings (SSSR count). The fourth-order valence-electron chi connectivity index (χ4n) is 1.29. The van der Waals surface area contributed by atoms with E-state index in [1.54, 1.807) is 24.0 Å². The van der Waals surface area contributed by atoms with Crippen LogP contribution in [0.15, 0.2) is 22.7 Å². The summed E-state index contributed by atoms with van der Waals surface area (Å²) in [5.74, 6) is 1.63. The van der Waals surface area contributed by atoms with Crippen molar-refractivity contribution in [2.24, 2.45) is 0 Å². The molecular weight excluding hydrogens is 256 g/mol. The van der Waals surface area contributed by atoms with Crippen molar-refractivity contribution in [3.05, 3.63) is 34.7 Å². The van der Waals surface area contributed by atoms with Gasteiger partial charge in [-0.25, -0.2) is 4.98 Å². The summed E-state index contributed by atoms with van der Waals surface area (Å²) in [7, 11) is 0. The van der Waals surface area contributed by atoms with E-state index in [9.17, 15) is 4.79 Å². The maximum absolute atomic E-state index is 11.8. The number of rotatable bonds is 4. The number of carbonyl (C=O) groups excluding carboxylic acids is 1. The number of nitrogens with one attached hydrogen (secondary N) is 1. The zero-order valence-corrected chi connectivity index (χ0v) is 11.2. The molecule has 4 nitrogen and oxygen atoms in total. The largest absolute Gasteiger partial charge is 0.455 e. The normalized spacial score (nSPS) is 10.5. The minimum atomic E-state index is -0.258. The van der Waals surface area contributed by atoms with Gasteiger partial charge in [0.15, 0.2) is 10.9 Å². The van der Waals surface area contributed by atoms with Crippen molar-refractivity contribution in [2.45, 2.75) is 12.7 Å². The molecule has 0 aliphatic rings. The number of hydrogen-bond donors (Lipinski definition) is 1. The first-order valence-electron chi connectivity index (χ1n) is 5.00. The number of carbonyl (C=O) groups is 1. The highest BCUT2D eigenvalue weighted by Gasteiger charge is 2.12. The monoisotopic (exact) mass is 268 g/mol. The molecule has 0 aliphatic heterocycles. The molecular formula is C11H12N2O2S2. The molecule has 6 heteroatoms.